The maximum atomic E-state index is 12.5. The number of aromatic nitrogens is 2. The van der Waals surface area contributed by atoms with Crippen molar-refractivity contribution in [3.8, 4) is 11.5 Å². The zero-order chi connectivity index (χ0) is 17.2. The molecule has 1 aromatic heterocycles. The smallest absolute Gasteiger partial charge is 0.266 e. The second kappa shape index (κ2) is 6.52. The molecule has 0 amide bonds. The monoisotopic (exact) mass is 350 g/mol. The molecule has 2 N–H and O–H groups in total. The molecule has 0 radical (unpaired) electrons. The number of benzene rings is 1. The molecule has 2 aromatic rings. The van der Waals surface area contributed by atoms with Crippen LogP contribution >= 0.6 is 0 Å². The summed E-state index contributed by atoms with van der Waals surface area (Å²) in [7, 11) is -0.969. The van der Waals surface area contributed by atoms with Crippen molar-refractivity contribution < 1.29 is 17.9 Å². The van der Waals surface area contributed by atoms with E-state index in [-0.39, 0.29) is 16.5 Å². The van der Waals surface area contributed by atoms with Gasteiger partial charge in [0.25, 0.3) is 10.0 Å². The number of methoxy groups -OCH3 is 2. The number of nitrogens with one attached hydrogen (secondary N) is 2. The van der Waals surface area contributed by atoms with Gasteiger partial charge in [-0.15, -0.1) is 10.2 Å². The minimum Gasteiger partial charge on any atom is -0.497 e. The van der Waals surface area contributed by atoms with Gasteiger partial charge in [-0.25, -0.2) is 8.42 Å². The topological polar surface area (TPSA) is 102 Å². The Morgan fingerprint density at radius 2 is 1.75 bits per heavy atom. The molecule has 1 aliphatic rings. The van der Waals surface area contributed by atoms with Crippen LogP contribution in [0.3, 0.4) is 0 Å². The molecule has 9 heteroatoms. The molecule has 0 spiro atoms. The number of hydrogen-bond donors (Lipinski definition) is 2. The molecule has 0 unspecified atom stereocenters. The van der Waals surface area contributed by atoms with Crippen molar-refractivity contribution >= 4 is 21.7 Å². The molecule has 1 aliphatic carbocycles. The molecule has 0 atom stereocenters. The van der Waals surface area contributed by atoms with Crippen molar-refractivity contribution in [2.75, 3.05) is 24.3 Å². The third-order valence-electron chi connectivity index (χ3n) is 3.49. The molecule has 0 bridgehead atoms. The van der Waals surface area contributed by atoms with Crippen molar-refractivity contribution in [2.24, 2.45) is 0 Å². The summed E-state index contributed by atoms with van der Waals surface area (Å²) < 4.78 is 37.7. The van der Waals surface area contributed by atoms with Crippen LogP contribution in [0.1, 0.15) is 12.8 Å². The summed E-state index contributed by atoms with van der Waals surface area (Å²) in [5.41, 5.74) is 0. The second-order valence-corrected chi connectivity index (χ2v) is 7.00. The summed E-state index contributed by atoms with van der Waals surface area (Å²) in [5, 5.41) is 11.0. The summed E-state index contributed by atoms with van der Waals surface area (Å²) in [5.74, 6) is 1.44. The van der Waals surface area contributed by atoms with Gasteiger partial charge in [0.05, 0.1) is 14.2 Å². The van der Waals surface area contributed by atoms with Crippen LogP contribution in [0.4, 0.5) is 11.6 Å². The van der Waals surface area contributed by atoms with E-state index in [9.17, 15) is 8.42 Å². The van der Waals surface area contributed by atoms with Crippen molar-refractivity contribution in [3.63, 3.8) is 0 Å². The largest absolute Gasteiger partial charge is 0.497 e. The van der Waals surface area contributed by atoms with Crippen LogP contribution in [0.25, 0.3) is 0 Å². The SMILES string of the molecule is COc1ccc(S(=O)(=O)Nc2ccc(NC3CC3)nn2)c(OC)c1. The molecular weight excluding hydrogens is 332 g/mol. The Hall–Kier alpha value is -2.55. The molecule has 1 heterocycles. The van der Waals surface area contributed by atoms with Gasteiger partial charge in [-0.1, -0.05) is 0 Å². The molecule has 1 aromatic carbocycles. The Morgan fingerprint density at radius 3 is 2.33 bits per heavy atom. The maximum Gasteiger partial charge on any atom is 0.266 e. The highest BCUT2D eigenvalue weighted by molar-refractivity contribution is 7.92. The summed E-state index contributed by atoms with van der Waals surface area (Å²) in [6.07, 6.45) is 2.24. The maximum absolute atomic E-state index is 12.5. The highest BCUT2D eigenvalue weighted by Crippen LogP contribution is 2.29. The quantitative estimate of drug-likeness (QED) is 0.786. The lowest BCUT2D eigenvalue weighted by Crippen LogP contribution is -2.15. The van der Waals surface area contributed by atoms with Gasteiger partial charge in [-0.3, -0.25) is 4.72 Å². The zero-order valence-corrected chi connectivity index (χ0v) is 14.1. The first kappa shape index (κ1) is 16.3. The van der Waals surface area contributed by atoms with Crippen LogP contribution in [-0.2, 0) is 10.0 Å². The summed E-state index contributed by atoms with van der Waals surface area (Å²) >= 11 is 0. The van der Waals surface area contributed by atoms with Gasteiger partial charge >= 0.3 is 0 Å². The average Bonchev–Trinajstić information content (AvgIpc) is 3.39. The van der Waals surface area contributed by atoms with Gasteiger partial charge in [0.15, 0.2) is 5.82 Å². The van der Waals surface area contributed by atoms with Gasteiger partial charge < -0.3 is 14.8 Å². The van der Waals surface area contributed by atoms with E-state index < -0.39 is 10.0 Å². The second-order valence-electron chi connectivity index (χ2n) is 5.34. The molecular formula is C15H18N4O4S. The fourth-order valence-electron chi connectivity index (χ4n) is 2.09. The number of hydrogen-bond acceptors (Lipinski definition) is 7. The van der Waals surface area contributed by atoms with E-state index in [1.165, 1.54) is 26.4 Å². The van der Waals surface area contributed by atoms with E-state index in [0.29, 0.717) is 17.6 Å². The van der Waals surface area contributed by atoms with Gasteiger partial charge in [0.2, 0.25) is 0 Å². The number of sulfonamides is 1. The van der Waals surface area contributed by atoms with E-state index in [0.717, 1.165) is 12.8 Å². The van der Waals surface area contributed by atoms with Gasteiger partial charge in [0.1, 0.15) is 22.2 Å². The van der Waals surface area contributed by atoms with E-state index in [4.69, 9.17) is 9.47 Å². The first-order valence-electron chi connectivity index (χ1n) is 7.37. The Morgan fingerprint density at radius 1 is 1.04 bits per heavy atom. The van der Waals surface area contributed by atoms with Gasteiger partial charge in [0, 0.05) is 12.1 Å². The molecule has 0 aliphatic heterocycles. The molecule has 0 saturated heterocycles. The van der Waals surface area contributed by atoms with E-state index in [1.807, 2.05) is 0 Å². The Balaban J connectivity index is 1.80. The predicted octanol–water partition coefficient (Wildman–Crippen LogP) is 1.87. The molecule has 1 fully saturated rings. The van der Waals surface area contributed by atoms with Crippen LogP contribution in [0.2, 0.25) is 0 Å². The Bertz CT molecular complexity index is 820. The van der Waals surface area contributed by atoms with Crippen molar-refractivity contribution in [1.29, 1.82) is 0 Å². The standard InChI is InChI=1S/C15H18N4O4S/c1-22-11-5-6-13(12(9-11)23-2)24(20,21)19-15-8-7-14(17-18-15)16-10-3-4-10/h5-10H,3-4H2,1-2H3,(H,16,17)(H,18,19). The van der Waals surface area contributed by atoms with Crippen LogP contribution in [0, 0.1) is 0 Å². The van der Waals surface area contributed by atoms with Gasteiger partial charge in [-0.05, 0) is 37.1 Å². The van der Waals surface area contributed by atoms with Crippen molar-refractivity contribution in [1.82, 2.24) is 10.2 Å². The lowest BCUT2D eigenvalue weighted by molar-refractivity contribution is 0.386. The van der Waals surface area contributed by atoms with Crippen LogP contribution in [0.5, 0.6) is 11.5 Å². The summed E-state index contributed by atoms with van der Waals surface area (Å²) in [6.45, 7) is 0. The van der Waals surface area contributed by atoms with Crippen LogP contribution < -0.4 is 19.5 Å². The number of rotatable bonds is 7. The minimum absolute atomic E-state index is 0.00668. The van der Waals surface area contributed by atoms with Crippen LogP contribution in [-0.4, -0.2) is 38.9 Å². The summed E-state index contributed by atoms with van der Waals surface area (Å²) in [6, 6.07) is 8.16. The molecule has 24 heavy (non-hydrogen) atoms. The average molecular weight is 350 g/mol. The van der Waals surface area contributed by atoms with Crippen LogP contribution in [0.15, 0.2) is 35.2 Å². The number of nitrogens with zero attached hydrogens (tertiary/aromatic N) is 2. The van der Waals surface area contributed by atoms with E-state index >= 15 is 0 Å². The third kappa shape index (κ3) is 3.67. The fraction of sp³-hybridized carbons (Fsp3) is 0.333. The minimum atomic E-state index is -3.86. The lowest BCUT2D eigenvalue weighted by atomic mass is 10.3. The highest BCUT2D eigenvalue weighted by Gasteiger charge is 2.23. The highest BCUT2D eigenvalue weighted by atomic mass is 32.2. The normalized spacial score (nSPS) is 14.1. The number of anilines is 2. The molecule has 8 nitrogen and oxygen atoms in total. The first-order valence-corrected chi connectivity index (χ1v) is 8.85. The Labute approximate surface area is 140 Å². The summed E-state index contributed by atoms with van der Waals surface area (Å²) in [4.78, 5) is -0.00668. The van der Waals surface area contributed by atoms with E-state index in [2.05, 4.69) is 20.2 Å². The van der Waals surface area contributed by atoms with Gasteiger partial charge in [-0.2, -0.15) is 0 Å². The Kier molecular flexibility index (Phi) is 4.43. The molecule has 3 rings (SSSR count). The zero-order valence-electron chi connectivity index (χ0n) is 13.3. The fourth-order valence-corrected chi connectivity index (χ4v) is 3.24. The number of ether oxygens (including phenoxy) is 2. The molecule has 128 valence electrons. The third-order valence-corrected chi connectivity index (χ3v) is 4.89. The lowest BCUT2D eigenvalue weighted by Gasteiger charge is -2.12. The van der Waals surface area contributed by atoms with E-state index in [1.54, 1.807) is 18.2 Å². The molecule has 1 saturated carbocycles. The predicted molar refractivity (Wildman–Crippen MR) is 89.0 cm³/mol. The van der Waals surface area contributed by atoms with Crippen molar-refractivity contribution in [2.45, 2.75) is 23.8 Å². The first-order chi connectivity index (χ1) is 11.5. The van der Waals surface area contributed by atoms with Crippen molar-refractivity contribution in [3.05, 3.63) is 30.3 Å².